The highest BCUT2D eigenvalue weighted by atomic mass is 19.4. The second-order valence-corrected chi connectivity index (χ2v) is 5.74. The van der Waals surface area contributed by atoms with Crippen molar-refractivity contribution >= 4 is 5.91 Å². The molecule has 0 aliphatic heterocycles. The number of hydrogen-bond donors (Lipinski definition) is 0. The van der Waals surface area contributed by atoms with Crippen LogP contribution in [0.3, 0.4) is 0 Å². The van der Waals surface area contributed by atoms with Crippen LogP contribution >= 0.6 is 0 Å². The minimum absolute atomic E-state index is 0.111. The van der Waals surface area contributed by atoms with Gasteiger partial charge in [-0.25, -0.2) is 0 Å². The fourth-order valence-electron chi connectivity index (χ4n) is 1.93. The average Bonchev–Trinajstić information content (AvgIpc) is 2.48. The molecule has 0 aromatic carbocycles. The van der Waals surface area contributed by atoms with E-state index in [1.54, 1.807) is 13.8 Å². The molecule has 150 valence electrons. The Morgan fingerprint density at radius 2 is 1.36 bits per heavy atom. The molecule has 0 heterocycles. The first-order chi connectivity index (χ1) is 11.1. The smallest absolute Gasteiger partial charge is 0.342 e. The van der Waals surface area contributed by atoms with Gasteiger partial charge in [0.1, 0.15) is 0 Å². The zero-order valence-electron chi connectivity index (χ0n) is 13.9. The first kappa shape index (κ1) is 23.8. The monoisotopic (exact) mass is 389 g/mol. The van der Waals surface area contributed by atoms with E-state index in [9.17, 15) is 44.3 Å². The Morgan fingerprint density at radius 3 is 1.72 bits per heavy atom. The molecule has 11 heteroatoms. The summed E-state index contributed by atoms with van der Waals surface area (Å²) in [5.74, 6) is -20.5. The summed E-state index contributed by atoms with van der Waals surface area (Å²) >= 11 is 0. The average molecular weight is 389 g/mol. The van der Waals surface area contributed by atoms with E-state index in [2.05, 4.69) is 0 Å². The molecule has 1 atom stereocenters. The summed E-state index contributed by atoms with van der Waals surface area (Å²) in [5.41, 5.74) is 0. The highest BCUT2D eigenvalue weighted by Crippen LogP contribution is 2.54. The molecule has 0 saturated heterocycles. The largest absolute Gasteiger partial charge is 0.460 e. The zero-order valence-corrected chi connectivity index (χ0v) is 13.9. The van der Waals surface area contributed by atoms with Gasteiger partial charge in [0, 0.05) is 25.4 Å². The van der Waals surface area contributed by atoms with Crippen molar-refractivity contribution in [3.8, 4) is 0 Å². The van der Waals surface area contributed by atoms with E-state index in [-0.39, 0.29) is 13.0 Å². The summed E-state index contributed by atoms with van der Waals surface area (Å²) in [6.45, 7) is 3.45. The third-order valence-corrected chi connectivity index (χ3v) is 3.74. The van der Waals surface area contributed by atoms with E-state index >= 15 is 0 Å². The minimum atomic E-state index is -6.90. The molecule has 1 amide bonds. The molecule has 2 nitrogen and oxygen atoms in total. The van der Waals surface area contributed by atoms with Gasteiger partial charge >= 0.3 is 23.9 Å². The number of halogens is 9. The molecule has 0 spiro atoms. The Morgan fingerprint density at radius 1 is 0.880 bits per heavy atom. The van der Waals surface area contributed by atoms with E-state index in [4.69, 9.17) is 0 Å². The number of alkyl halides is 9. The molecule has 0 aromatic rings. The molecule has 25 heavy (non-hydrogen) atoms. The van der Waals surface area contributed by atoms with Gasteiger partial charge in [0.05, 0.1) is 0 Å². The van der Waals surface area contributed by atoms with Gasteiger partial charge in [-0.15, -0.1) is 0 Å². The predicted molar refractivity (Wildman–Crippen MR) is 71.8 cm³/mol. The van der Waals surface area contributed by atoms with Crippen LogP contribution in [0.5, 0.6) is 0 Å². The summed E-state index contributed by atoms with van der Waals surface area (Å²) in [5, 5.41) is 0. The summed E-state index contributed by atoms with van der Waals surface area (Å²) in [6.07, 6.45) is -8.27. The van der Waals surface area contributed by atoms with E-state index < -0.39 is 48.7 Å². The van der Waals surface area contributed by atoms with Crippen LogP contribution < -0.4 is 0 Å². The lowest BCUT2D eigenvalue weighted by Crippen LogP contribution is -2.61. The molecular weight excluding hydrogens is 369 g/mol. The summed E-state index contributed by atoms with van der Waals surface area (Å²) in [7, 11) is 0. The third kappa shape index (κ3) is 4.93. The highest BCUT2D eigenvalue weighted by molar-refractivity contribution is 5.78. The molecule has 0 bridgehead atoms. The Labute approximate surface area is 139 Å². The molecule has 0 fully saturated rings. The number of carbonyl (C=O) groups is 1. The molecule has 0 rings (SSSR count). The molecule has 0 saturated carbocycles. The van der Waals surface area contributed by atoms with Crippen LogP contribution in [-0.4, -0.2) is 47.8 Å². The topological polar surface area (TPSA) is 20.3 Å². The van der Waals surface area contributed by atoms with E-state index in [0.29, 0.717) is 6.42 Å². The highest BCUT2D eigenvalue weighted by Gasteiger charge is 2.81. The molecule has 0 N–H and O–H groups in total. The Bertz CT molecular complexity index is 448. The molecule has 0 aliphatic rings. The number of nitrogens with zero attached hydrogens (tertiary/aromatic N) is 1. The number of hydrogen-bond acceptors (Lipinski definition) is 1. The predicted octanol–water partition coefficient (Wildman–Crippen LogP) is 5.13. The van der Waals surface area contributed by atoms with Gasteiger partial charge in [0.2, 0.25) is 5.91 Å². The van der Waals surface area contributed by atoms with Gasteiger partial charge in [-0.05, 0) is 12.8 Å². The van der Waals surface area contributed by atoms with Crippen molar-refractivity contribution in [1.82, 2.24) is 4.90 Å². The maximum Gasteiger partial charge on any atom is 0.460 e. The first-order valence-electron chi connectivity index (χ1n) is 7.55. The van der Waals surface area contributed by atoms with Gasteiger partial charge < -0.3 is 4.90 Å². The fourth-order valence-corrected chi connectivity index (χ4v) is 1.93. The quantitative estimate of drug-likeness (QED) is 0.501. The zero-order chi connectivity index (χ0) is 20.3. The Kier molecular flexibility index (Phi) is 7.65. The minimum Gasteiger partial charge on any atom is -0.342 e. The summed E-state index contributed by atoms with van der Waals surface area (Å²) < 4.78 is 115. The number of carbonyl (C=O) groups excluding carboxylic acids is 1. The molecule has 1 unspecified atom stereocenters. The Balaban J connectivity index is 5.37. The van der Waals surface area contributed by atoms with E-state index in [0.717, 1.165) is 4.90 Å². The van der Waals surface area contributed by atoms with Crippen LogP contribution in [-0.2, 0) is 4.79 Å². The lowest BCUT2D eigenvalue weighted by molar-refractivity contribution is -0.396. The first-order valence-corrected chi connectivity index (χ1v) is 7.55. The van der Waals surface area contributed by atoms with Crippen LogP contribution in [0.15, 0.2) is 0 Å². The standard InChI is InChI=1S/C14H20F9NO/c1-4-7-24(10(25)9(3)5-2)8-6-11(15,16)12(17,18)13(19,20)14(21,22)23/h9H,4-8H2,1-3H3. The van der Waals surface area contributed by atoms with Gasteiger partial charge in [0.15, 0.2) is 0 Å². The van der Waals surface area contributed by atoms with Crippen molar-refractivity contribution < 1.29 is 44.3 Å². The van der Waals surface area contributed by atoms with Gasteiger partial charge in [0.25, 0.3) is 0 Å². The van der Waals surface area contributed by atoms with Crippen molar-refractivity contribution in [1.29, 1.82) is 0 Å². The molecule has 0 radical (unpaired) electrons. The van der Waals surface area contributed by atoms with Crippen LogP contribution in [0.25, 0.3) is 0 Å². The van der Waals surface area contributed by atoms with Crippen molar-refractivity contribution in [2.75, 3.05) is 13.1 Å². The van der Waals surface area contributed by atoms with Gasteiger partial charge in [-0.1, -0.05) is 20.8 Å². The van der Waals surface area contributed by atoms with Crippen molar-refractivity contribution in [2.24, 2.45) is 5.92 Å². The summed E-state index contributed by atoms with van der Waals surface area (Å²) in [4.78, 5) is 12.7. The second-order valence-electron chi connectivity index (χ2n) is 5.74. The van der Waals surface area contributed by atoms with Crippen molar-refractivity contribution in [2.45, 2.75) is 64.0 Å². The van der Waals surface area contributed by atoms with Crippen molar-refractivity contribution in [3.05, 3.63) is 0 Å². The van der Waals surface area contributed by atoms with Gasteiger partial charge in [-0.3, -0.25) is 4.79 Å². The third-order valence-electron chi connectivity index (χ3n) is 3.74. The van der Waals surface area contributed by atoms with Crippen molar-refractivity contribution in [3.63, 3.8) is 0 Å². The van der Waals surface area contributed by atoms with E-state index in [1.165, 1.54) is 6.92 Å². The van der Waals surface area contributed by atoms with Gasteiger partial charge in [-0.2, -0.15) is 39.5 Å². The SMILES string of the molecule is CCCN(CCC(F)(F)C(F)(F)C(F)(F)C(F)(F)F)C(=O)C(C)CC. The molecule has 0 aromatic heterocycles. The normalized spacial score (nSPS) is 15.2. The Hall–Kier alpha value is -1.16. The lowest BCUT2D eigenvalue weighted by atomic mass is 10.00. The maximum atomic E-state index is 13.5. The van der Waals surface area contributed by atoms with Crippen LogP contribution in [0.2, 0.25) is 0 Å². The maximum absolute atomic E-state index is 13.5. The number of amides is 1. The fraction of sp³-hybridized carbons (Fsp3) is 0.929. The van der Waals surface area contributed by atoms with Crippen LogP contribution in [0.4, 0.5) is 39.5 Å². The molecular formula is C14H20F9NO. The number of rotatable bonds is 9. The van der Waals surface area contributed by atoms with Crippen LogP contribution in [0.1, 0.15) is 40.0 Å². The van der Waals surface area contributed by atoms with Crippen LogP contribution in [0, 0.1) is 5.92 Å². The second kappa shape index (κ2) is 8.03. The summed E-state index contributed by atoms with van der Waals surface area (Å²) in [6, 6.07) is 0. The lowest BCUT2D eigenvalue weighted by Gasteiger charge is -2.35. The van der Waals surface area contributed by atoms with E-state index in [1.807, 2.05) is 0 Å². The molecule has 0 aliphatic carbocycles.